The van der Waals surface area contributed by atoms with Crippen LogP contribution in [0.4, 0.5) is 0 Å². The number of benzene rings is 1. The van der Waals surface area contributed by atoms with Crippen LogP contribution in [0, 0.1) is 5.41 Å². The first-order valence-corrected chi connectivity index (χ1v) is 8.62. The lowest BCUT2D eigenvalue weighted by molar-refractivity contribution is 0.0930. The Morgan fingerprint density at radius 3 is 2.55 bits per heavy atom. The molecule has 2 rings (SSSR count). The summed E-state index contributed by atoms with van der Waals surface area (Å²) in [5.41, 5.74) is 1.27. The van der Waals surface area contributed by atoms with E-state index in [9.17, 15) is 4.79 Å². The third-order valence-electron chi connectivity index (χ3n) is 4.21. The molecular weight excluding hydrogens is 266 g/mol. The minimum Gasteiger partial charge on any atom is -0.296 e. The number of Topliss-reactive ketones (excluding diaryl/α,β-unsaturated/α-hetero) is 1. The quantitative estimate of drug-likeness (QED) is 0.615. The largest absolute Gasteiger partial charge is 0.296 e. The highest BCUT2D eigenvalue weighted by atomic mass is 32.2. The molecule has 1 aromatic rings. The van der Waals surface area contributed by atoms with Gasteiger partial charge in [0.05, 0.1) is 6.54 Å². The van der Waals surface area contributed by atoms with E-state index in [-0.39, 0.29) is 5.78 Å². The molecule has 0 atom stereocenters. The van der Waals surface area contributed by atoms with E-state index in [0.29, 0.717) is 12.0 Å². The molecule has 0 radical (unpaired) electrons. The highest BCUT2D eigenvalue weighted by Crippen LogP contribution is 2.29. The number of hydrogen-bond donors (Lipinski definition) is 0. The smallest absolute Gasteiger partial charge is 0.176 e. The lowest BCUT2D eigenvalue weighted by atomic mass is 9.85. The molecule has 1 aliphatic heterocycles. The van der Waals surface area contributed by atoms with Gasteiger partial charge in [-0.25, -0.2) is 0 Å². The fraction of sp³-hybridized carbons (Fsp3) is 0.588. The Bertz CT molecular complexity index is 453. The van der Waals surface area contributed by atoms with Gasteiger partial charge < -0.3 is 0 Å². The Morgan fingerprint density at radius 2 is 1.90 bits per heavy atom. The summed E-state index contributed by atoms with van der Waals surface area (Å²) < 4.78 is 0. The average Bonchev–Trinajstić information content (AvgIpc) is 2.60. The summed E-state index contributed by atoms with van der Waals surface area (Å²) in [6.45, 7) is 7.33. The van der Waals surface area contributed by atoms with Crippen LogP contribution in [0.25, 0.3) is 0 Å². The molecule has 1 fully saturated rings. The van der Waals surface area contributed by atoms with Crippen LogP contribution < -0.4 is 0 Å². The molecule has 1 aromatic carbocycles. The molecule has 1 aliphatic rings. The first-order valence-electron chi connectivity index (χ1n) is 7.40. The van der Waals surface area contributed by atoms with Gasteiger partial charge in [-0.3, -0.25) is 9.69 Å². The molecule has 1 heterocycles. The van der Waals surface area contributed by atoms with Gasteiger partial charge in [0.15, 0.2) is 5.78 Å². The fourth-order valence-corrected chi connectivity index (χ4v) is 3.12. The van der Waals surface area contributed by atoms with E-state index in [1.165, 1.54) is 24.2 Å². The van der Waals surface area contributed by atoms with Crippen molar-refractivity contribution in [1.82, 2.24) is 4.90 Å². The first-order chi connectivity index (χ1) is 9.50. The van der Waals surface area contributed by atoms with E-state index in [0.717, 1.165) is 18.7 Å². The van der Waals surface area contributed by atoms with E-state index in [1.807, 2.05) is 24.3 Å². The molecule has 0 aromatic heterocycles. The van der Waals surface area contributed by atoms with Crippen LogP contribution in [0.5, 0.6) is 0 Å². The molecule has 0 aliphatic carbocycles. The van der Waals surface area contributed by atoms with E-state index in [4.69, 9.17) is 0 Å². The van der Waals surface area contributed by atoms with E-state index in [1.54, 1.807) is 11.8 Å². The molecular formula is C17H25NOS. The van der Waals surface area contributed by atoms with Gasteiger partial charge in [-0.2, -0.15) is 0 Å². The number of thioether (sulfide) groups is 1. The number of hydrogen-bond acceptors (Lipinski definition) is 3. The van der Waals surface area contributed by atoms with Gasteiger partial charge in [-0.05, 0) is 56.2 Å². The van der Waals surface area contributed by atoms with Crippen molar-refractivity contribution in [2.75, 3.05) is 25.9 Å². The Hall–Kier alpha value is -0.800. The number of carbonyl (C=O) groups is 1. The first kappa shape index (κ1) is 15.6. The minimum atomic E-state index is 0.248. The summed E-state index contributed by atoms with van der Waals surface area (Å²) in [6, 6.07) is 7.97. The standard InChI is InChI=1S/C17H25NOS/c1-17(2)9-4-11-18(12-10-17)13-16(19)14-5-7-15(20-3)8-6-14/h5-8H,4,9-13H2,1-3H3. The minimum absolute atomic E-state index is 0.248. The maximum absolute atomic E-state index is 12.3. The van der Waals surface area contributed by atoms with Crippen molar-refractivity contribution in [3.05, 3.63) is 29.8 Å². The van der Waals surface area contributed by atoms with Crippen LogP contribution in [0.3, 0.4) is 0 Å². The summed E-state index contributed by atoms with van der Waals surface area (Å²) in [5, 5.41) is 0. The molecule has 0 saturated carbocycles. The molecule has 20 heavy (non-hydrogen) atoms. The second-order valence-corrected chi connectivity index (χ2v) is 7.33. The second-order valence-electron chi connectivity index (χ2n) is 6.45. The topological polar surface area (TPSA) is 20.3 Å². The third-order valence-corrected chi connectivity index (χ3v) is 4.96. The van der Waals surface area contributed by atoms with Crippen molar-refractivity contribution in [1.29, 1.82) is 0 Å². The summed E-state index contributed by atoms with van der Waals surface area (Å²) in [6.07, 6.45) is 5.70. The summed E-state index contributed by atoms with van der Waals surface area (Å²) >= 11 is 1.71. The van der Waals surface area contributed by atoms with Crippen molar-refractivity contribution in [3.63, 3.8) is 0 Å². The van der Waals surface area contributed by atoms with Crippen LogP contribution in [0.15, 0.2) is 29.2 Å². The Kier molecular flexibility index (Phi) is 5.28. The molecule has 1 saturated heterocycles. The predicted molar refractivity (Wildman–Crippen MR) is 86.6 cm³/mol. The summed E-state index contributed by atoms with van der Waals surface area (Å²) in [7, 11) is 0. The fourth-order valence-electron chi connectivity index (χ4n) is 2.71. The van der Waals surface area contributed by atoms with Gasteiger partial charge in [-0.15, -0.1) is 11.8 Å². The zero-order valence-electron chi connectivity index (χ0n) is 12.8. The Morgan fingerprint density at radius 1 is 1.20 bits per heavy atom. The van der Waals surface area contributed by atoms with Crippen molar-refractivity contribution in [3.8, 4) is 0 Å². The average molecular weight is 291 g/mol. The molecule has 0 spiro atoms. The third kappa shape index (κ3) is 4.35. The maximum Gasteiger partial charge on any atom is 0.176 e. The van der Waals surface area contributed by atoms with Gasteiger partial charge in [0.25, 0.3) is 0 Å². The molecule has 0 bridgehead atoms. The van der Waals surface area contributed by atoms with E-state index >= 15 is 0 Å². The van der Waals surface area contributed by atoms with Gasteiger partial charge in [0.1, 0.15) is 0 Å². The Balaban J connectivity index is 1.93. The zero-order valence-corrected chi connectivity index (χ0v) is 13.6. The van der Waals surface area contributed by atoms with E-state index < -0.39 is 0 Å². The van der Waals surface area contributed by atoms with Crippen molar-refractivity contribution >= 4 is 17.5 Å². The lowest BCUT2D eigenvalue weighted by Gasteiger charge is -2.22. The van der Waals surface area contributed by atoms with Crippen molar-refractivity contribution in [2.24, 2.45) is 5.41 Å². The van der Waals surface area contributed by atoms with Crippen LogP contribution in [0.2, 0.25) is 0 Å². The van der Waals surface area contributed by atoms with Crippen LogP contribution in [-0.2, 0) is 0 Å². The second kappa shape index (κ2) is 6.77. The predicted octanol–water partition coefficient (Wildman–Crippen LogP) is 4.10. The lowest BCUT2D eigenvalue weighted by Crippen LogP contribution is -2.31. The van der Waals surface area contributed by atoms with Gasteiger partial charge in [0.2, 0.25) is 0 Å². The molecule has 3 heteroatoms. The molecule has 110 valence electrons. The normalized spacial score (nSPS) is 19.6. The number of rotatable bonds is 4. The maximum atomic E-state index is 12.3. The van der Waals surface area contributed by atoms with Gasteiger partial charge in [0, 0.05) is 10.5 Å². The number of nitrogens with zero attached hydrogens (tertiary/aromatic N) is 1. The number of likely N-dealkylation sites (tertiary alicyclic amines) is 1. The van der Waals surface area contributed by atoms with Crippen molar-refractivity contribution in [2.45, 2.75) is 38.0 Å². The number of carbonyl (C=O) groups excluding carboxylic acids is 1. The molecule has 0 amide bonds. The highest BCUT2D eigenvalue weighted by Gasteiger charge is 2.24. The van der Waals surface area contributed by atoms with Crippen LogP contribution in [0.1, 0.15) is 43.5 Å². The zero-order chi connectivity index (χ0) is 14.6. The van der Waals surface area contributed by atoms with Crippen LogP contribution in [-0.4, -0.2) is 36.6 Å². The summed E-state index contributed by atoms with van der Waals surface area (Å²) in [4.78, 5) is 15.9. The molecule has 2 nitrogen and oxygen atoms in total. The monoisotopic (exact) mass is 291 g/mol. The Labute approximate surface area is 126 Å². The molecule has 0 N–H and O–H groups in total. The van der Waals surface area contributed by atoms with Gasteiger partial charge in [-0.1, -0.05) is 26.0 Å². The summed E-state index contributed by atoms with van der Waals surface area (Å²) in [5.74, 6) is 0.248. The number of ketones is 1. The van der Waals surface area contributed by atoms with Crippen LogP contribution >= 0.6 is 11.8 Å². The van der Waals surface area contributed by atoms with E-state index in [2.05, 4.69) is 25.0 Å². The van der Waals surface area contributed by atoms with Crippen molar-refractivity contribution < 1.29 is 4.79 Å². The molecule has 0 unspecified atom stereocenters. The SMILES string of the molecule is CSc1ccc(C(=O)CN2CCCC(C)(C)CC2)cc1. The van der Waals surface area contributed by atoms with Gasteiger partial charge >= 0.3 is 0 Å². The highest BCUT2D eigenvalue weighted by molar-refractivity contribution is 7.98.